The third kappa shape index (κ3) is 10.7. The molecule has 7 heteroatoms. The van der Waals surface area contributed by atoms with Gasteiger partial charge in [0.25, 0.3) is 0 Å². The molecule has 0 atom stereocenters. The highest BCUT2D eigenvalue weighted by Gasteiger charge is 2.57. The normalized spacial score (nSPS) is 12.9. The summed E-state index contributed by atoms with van der Waals surface area (Å²) in [5.41, 5.74) is -2.87. The first-order valence-electron chi connectivity index (χ1n) is 8.94. The molecule has 0 saturated carbocycles. The summed E-state index contributed by atoms with van der Waals surface area (Å²) in [5, 5.41) is 21.5. The van der Waals surface area contributed by atoms with Gasteiger partial charge in [-0.3, -0.25) is 25.0 Å². The molecular weight excluding hydrogens is 348 g/mol. The van der Waals surface area contributed by atoms with Crippen molar-refractivity contribution >= 4 is 6.29 Å². The first-order valence-corrected chi connectivity index (χ1v) is 8.94. The Morgan fingerprint density at radius 1 is 0.741 bits per heavy atom. The van der Waals surface area contributed by atoms with Crippen molar-refractivity contribution < 1.29 is 14.6 Å². The smallest absolute Gasteiger partial charge is 0.273 e. The average Bonchev–Trinajstić information content (AvgIpc) is 2.64. The van der Waals surface area contributed by atoms with Crippen molar-refractivity contribution in [2.75, 3.05) is 0 Å². The van der Waals surface area contributed by atoms with Crippen molar-refractivity contribution in [3.05, 3.63) is 81.0 Å². The van der Waals surface area contributed by atoms with Crippen LogP contribution in [0.25, 0.3) is 0 Å². The molecule has 0 amide bonds. The van der Waals surface area contributed by atoms with Gasteiger partial charge < -0.3 is 0 Å². The van der Waals surface area contributed by atoms with Gasteiger partial charge >= 0.3 is 11.9 Å². The number of carbonyl (C=O) groups excluding carboxylic acids is 1. The van der Waals surface area contributed by atoms with Gasteiger partial charge in [-0.15, -0.1) is 0 Å². The van der Waals surface area contributed by atoms with E-state index in [0.29, 0.717) is 6.42 Å². The van der Waals surface area contributed by atoms with Crippen molar-refractivity contribution in [2.45, 2.75) is 57.5 Å². The molecule has 0 aliphatic heterocycles. The Morgan fingerprint density at radius 2 is 1.11 bits per heavy atom. The van der Waals surface area contributed by atoms with Gasteiger partial charge in [0.15, 0.2) is 0 Å². The Kier molecular flexibility index (Phi) is 13.8. The van der Waals surface area contributed by atoms with Crippen molar-refractivity contribution in [1.29, 1.82) is 0 Å². The Balaban J connectivity index is 3.98. The summed E-state index contributed by atoms with van der Waals surface area (Å²) in [5.74, 6) is 0. The van der Waals surface area contributed by atoms with Gasteiger partial charge in [-0.25, -0.2) is 0 Å². The van der Waals surface area contributed by atoms with E-state index >= 15 is 0 Å². The lowest BCUT2D eigenvalue weighted by molar-refractivity contribution is -0.772. The van der Waals surface area contributed by atoms with Crippen molar-refractivity contribution in [3.63, 3.8) is 0 Å². The first kappa shape index (κ1) is 24.2. The van der Waals surface area contributed by atoms with Crippen LogP contribution in [0.15, 0.2) is 60.8 Å². The molecule has 0 aliphatic rings. The molecule has 0 fully saturated rings. The fourth-order valence-electron chi connectivity index (χ4n) is 2.03. The number of hydrogen-bond acceptors (Lipinski definition) is 5. The summed E-state index contributed by atoms with van der Waals surface area (Å²) in [7, 11) is 0. The van der Waals surface area contributed by atoms with Crippen molar-refractivity contribution in [1.82, 2.24) is 0 Å². The highest BCUT2D eigenvalue weighted by molar-refractivity contribution is 5.60. The van der Waals surface area contributed by atoms with Gasteiger partial charge in [0.05, 0.1) is 0 Å². The third-order valence-electron chi connectivity index (χ3n) is 3.58. The van der Waals surface area contributed by atoms with Crippen LogP contribution in [0.2, 0.25) is 0 Å². The highest BCUT2D eigenvalue weighted by atomic mass is 16.7. The van der Waals surface area contributed by atoms with Crippen molar-refractivity contribution in [3.8, 4) is 0 Å². The standard InChI is InChI=1S/C20H27N2O5/c1-2-3-4-5-6-7-8-9-10-11-12-13-14-15-16-17-18-20(19-23,21(24)25)22(26)27/h3-4,6-7,9-10,12-13,15-16H,2,5,8,11,14,17-18H2,1H3. The van der Waals surface area contributed by atoms with E-state index in [0.717, 1.165) is 32.0 Å². The number of nitro groups is 2. The predicted octanol–water partition coefficient (Wildman–Crippen LogP) is 4.88. The van der Waals surface area contributed by atoms with Gasteiger partial charge in [-0.1, -0.05) is 67.7 Å². The van der Waals surface area contributed by atoms with E-state index in [-0.39, 0.29) is 6.42 Å². The van der Waals surface area contributed by atoms with Crippen LogP contribution in [0.4, 0.5) is 0 Å². The maximum absolute atomic E-state index is 10.7. The zero-order valence-electron chi connectivity index (χ0n) is 15.7. The summed E-state index contributed by atoms with van der Waals surface area (Å²) in [4.78, 5) is 29.7. The molecule has 147 valence electrons. The lowest BCUT2D eigenvalue weighted by atomic mass is 10.1. The fraction of sp³-hybridized carbons (Fsp3) is 0.450. The summed E-state index contributed by atoms with van der Waals surface area (Å²) in [6, 6.07) is 0. The zero-order valence-corrected chi connectivity index (χ0v) is 15.7. The number of rotatable bonds is 15. The van der Waals surface area contributed by atoms with E-state index in [1.54, 1.807) is 12.2 Å². The van der Waals surface area contributed by atoms with Gasteiger partial charge in [0.1, 0.15) is 16.3 Å². The minimum Gasteiger partial charge on any atom is -0.273 e. The third-order valence-corrected chi connectivity index (χ3v) is 3.58. The Labute approximate surface area is 160 Å². The molecule has 0 aromatic rings. The SMILES string of the molecule is CCC=CCC=CCC=CCC=CCC=CCCC([C]=O)([N+](=O)[O-])[N+](=O)[O-]. The average molecular weight is 375 g/mol. The zero-order chi connectivity index (χ0) is 20.4. The lowest BCUT2D eigenvalue weighted by Crippen LogP contribution is -2.47. The second-order valence-electron chi connectivity index (χ2n) is 5.68. The molecule has 0 rings (SSSR count). The fourth-order valence-corrected chi connectivity index (χ4v) is 2.03. The van der Waals surface area contributed by atoms with E-state index < -0.39 is 21.9 Å². The number of nitrogens with zero attached hydrogens (tertiary/aromatic N) is 2. The van der Waals surface area contributed by atoms with Crippen LogP contribution in [0, 0.1) is 20.2 Å². The molecule has 0 heterocycles. The summed E-state index contributed by atoms with van der Waals surface area (Å²) < 4.78 is 0. The molecule has 0 aromatic heterocycles. The molecule has 0 aromatic carbocycles. The molecule has 27 heavy (non-hydrogen) atoms. The van der Waals surface area contributed by atoms with Crippen molar-refractivity contribution in [2.24, 2.45) is 0 Å². The van der Waals surface area contributed by atoms with E-state index in [1.165, 1.54) is 0 Å². The number of hydrogen-bond donors (Lipinski definition) is 0. The Bertz CT molecular complexity index is 589. The second-order valence-corrected chi connectivity index (χ2v) is 5.68. The maximum atomic E-state index is 10.7. The van der Waals surface area contributed by atoms with Gasteiger partial charge in [-0.05, 0) is 38.5 Å². The van der Waals surface area contributed by atoms with Crippen LogP contribution in [0.5, 0.6) is 0 Å². The lowest BCUT2D eigenvalue weighted by Gasteiger charge is -2.08. The highest BCUT2D eigenvalue weighted by Crippen LogP contribution is 2.16. The van der Waals surface area contributed by atoms with E-state index in [4.69, 9.17) is 0 Å². The first-order chi connectivity index (χ1) is 13.0. The largest absolute Gasteiger partial charge is 0.524 e. The number of allylic oxidation sites excluding steroid dienone is 10. The molecule has 0 bridgehead atoms. The van der Waals surface area contributed by atoms with E-state index in [2.05, 4.69) is 43.4 Å². The van der Waals surface area contributed by atoms with Crippen LogP contribution in [0.1, 0.15) is 51.9 Å². The summed E-state index contributed by atoms with van der Waals surface area (Å²) in [6.07, 6.45) is 24.8. The van der Waals surface area contributed by atoms with Gasteiger partial charge in [0, 0.05) is 0 Å². The molecule has 0 saturated heterocycles. The Morgan fingerprint density at radius 3 is 1.44 bits per heavy atom. The Hall–Kier alpha value is -2.83. The topological polar surface area (TPSA) is 103 Å². The molecule has 7 nitrogen and oxygen atoms in total. The quantitative estimate of drug-likeness (QED) is 0.176. The summed E-state index contributed by atoms with van der Waals surface area (Å²) >= 11 is 0. The minimum atomic E-state index is -2.87. The van der Waals surface area contributed by atoms with Crippen LogP contribution in [-0.2, 0) is 4.79 Å². The molecule has 0 aliphatic carbocycles. The maximum Gasteiger partial charge on any atom is 0.524 e. The minimum absolute atomic E-state index is 0.0602. The molecular formula is C20H27N2O5. The monoisotopic (exact) mass is 375 g/mol. The van der Waals surface area contributed by atoms with Crippen LogP contribution >= 0.6 is 0 Å². The molecule has 1 radical (unpaired) electrons. The van der Waals surface area contributed by atoms with Crippen LogP contribution in [0.3, 0.4) is 0 Å². The molecule has 0 spiro atoms. The van der Waals surface area contributed by atoms with Crippen LogP contribution in [-0.4, -0.2) is 21.8 Å². The second kappa shape index (κ2) is 15.4. The van der Waals surface area contributed by atoms with Gasteiger partial charge in [0.2, 0.25) is 0 Å². The van der Waals surface area contributed by atoms with Crippen LogP contribution < -0.4 is 0 Å². The summed E-state index contributed by atoms with van der Waals surface area (Å²) in [6.45, 7) is 2.11. The van der Waals surface area contributed by atoms with E-state index in [1.807, 2.05) is 12.2 Å². The molecule has 0 unspecified atom stereocenters. The van der Waals surface area contributed by atoms with E-state index in [9.17, 15) is 25.0 Å². The molecule has 0 N–H and O–H groups in total. The van der Waals surface area contributed by atoms with Gasteiger partial charge in [-0.2, -0.15) is 0 Å². The predicted molar refractivity (Wildman–Crippen MR) is 106 cm³/mol.